The summed E-state index contributed by atoms with van der Waals surface area (Å²) in [6, 6.07) is 13.7. The second-order valence-electron chi connectivity index (χ2n) is 6.13. The van der Waals surface area contributed by atoms with Gasteiger partial charge in [-0.15, -0.1) is 0 Å². The van der Waals surface area contributed by atoms with E-state index in [2.05, 4.69) is 17.9 Å². The van der Waals surface area contributed by atoms with Gasteiger partial charge in [-0.2, -0.15) is 0 Å². The van der Waals surface area contributed by atoms with Gasteiger partial charge in [0.25, 0.3) is 0 Å². The minimum absolute atomic E-state index is 0.00310. The summed E-state index contributed by atoms with van der Waals surface area (Å²) in [4.78, 5) is 13.7. The van der Waals surface area contributed by atoms with E-state index in [9.17, 15) is 4.79 Å². The molecule has 0 saturated heterocycles. The van der Waals surface area contributed by atoms with Crippen molar-refractivity contribution in [1.29, 1.82) is 0 Å². The normalized spacial score (nSPS) is 13.0. The van der Waals surface area contributed by atoms with Gasteiger partial charge in [-0.25, -0.2) is 0 Å². The van der Waals surface area contributed by atoms with Crippen molar-refractivity contribution in [2.75, 3.05) is 13.2 Å². The molecule has 4 heteroatoms. The molecule has 0 radical (unpaired) electrons. The zero-order valence-electron chi connectivity index (χ0n) is 14.0. The molecule has 1 amide bonds. The number of aliphatic hydroxyl groups excluding tert-OH is 2. The summed E-state index contributed by atoms with van der Waals surface area (Å²) in [5.74, 6) is 6.32. The number of rotatable bonds is 3. The summed E-state index contributed by atoms with van der Waals surface area (Å²) in [6.07, 6.45) is 1.00. The van der Waals surface area contributed by atoms with Gasteiger partial charge in [0.05, 0.1) is 13.2 Å². The number of aliphatic hydroxyl groups is 2. The smallest absolute Gasteiger partial charge is 0.225 e. The standard InChI is InChI=1S/C21H21NO3/c23-12-10-21(25)22-11-9-19-13-17(7-8-20(19)14-22)4-1-16-2-5-18(15-24)6-3-16/h2-3,5-8,13,23-24H,9-12,14-15H2. The van der Waals surface area contributed by atoms with Crippen LogP contribution in [0.3, 0.4) is 0 Å². The van der Waals surface area contributed by atoms with Crippen LogP contribution in [-0.4, -0.2) is 34.2 Å². The van der Waals surface area contributed by atoms with Crippen LogP contribution in [0.5, 0.6) is 0 Å². The molecule has 2 aromatic rings. The third kappa shape index (κ3) is 4.27. The Balaban J connectivity index is 1.72. The Morgan fingerprint density at radius 3 is 2.44 bits per heavy atom. The number of amides is 1. The average Bonchev–Trinajstić information content (AvgIpc) is 2.66. The molecule has 1 aliphatic heterocycles. The van der Waals surface area contributed by atoms with E-state index in [0.717, 1.165) is 28.7 Å². The molecule has 0 unspecified atom stereocenters. The van der Waals surface area contributed by atoms with Crippen molar-refractivity contribution in [2.45, 2.75) is 26.0 Å². The first kappa shape index (κ1) is 17.2. The molecule has 0 saturated carbocycles. The van der Waals surface area contributed by atoms with Gasteiger partial charge in [-0.1, -0.05) is 30.0 Å². The van der Waals surface area contributed by atoms with Crippen LogP contribution in [-0.2, 0) is 24.4 Å². The Kier molecular flexibility index (Phi) is 5.49. The highest BCUT2D eigenvalue weighted by atomic mass is 16.3. The van der Waals surface area contributed by atoms with E-state index in [0.29, 0.717) is 13.1 Å². The second-order valence-corrected chi connectivity index (χ2v) is 6.13. The van der Waals surface area contributed by atoms with Gasteiger partial charge in [-0.05, 0) is 47.4 Å². The van der Waals surface area contributed by atoms with Gasteiger partial charge in [0.15, 0.2) is 0 Å². The molecule has 0 bridgehead atoms. The predicted molar refractivity (Wildman–Crippen MR) is 95.6 cm³/mol. The number of carbonyl (C=O) groups excluding carboxylic acids is 1. The fourth-order valence-electron chi connectivity index (χ4n) is 2.94. The van der Waals surface area contributed by atoms with Crippen molar-refractivity contribution in [3.8, 4) is 11.8 Å². The van der Waals surface area contributed by atoms with Gasteiger partial charge in [0, 0.05) is 30.6 Å². The Morgan fingerprint density at radius 1 is 1.00 bits per heavy atom. The third-order valence-corrected chi connectivity index (χ3v) is 4.38. The van der Waals surface area contributed by atoms with Crippen molar-refractivity contribution in [2.24, 2.45) is 0 Å². The highest BCUT2D eigenvalue weighted by Crippen LogP contribution is 2.20. The molecular formula is C21H21NO3. The maximum Gasteiger partial charge on any atom is 0.225 e. The molecule has 25 heavy (non-hydrogen) atoms. The molecule has 0 spiro atoms. The monoisotopic (exact) mass is 335 g/mol. The van der Waals surface area contributed by atoms with Crippen molar-refractivity contribution >= 4 is 5.91 Å². The Labute approximate surface area is 147 Å². The second kappa shape index (κ2) is 7.98. The summed E-state index contributed by atoms with van der Waals surface area (Å²) < 4.78 is 0. The summed E-state index contributed by atoms with van der Waals surface area (Å²) >= 11 is 0. The SMILES string of the molecule is O=C(CCO)N1CCc2cc(C#Cc3ccc(CO)cc3)ccc2C1. The molecule has 128 valence electrons. The van der Waals surface area contributed by atoms with E-state index in [1.54, 1.807) is 4.90 Å². The number of nitrogens with zero attached hydrogens (tertiary/aromatic N) is 1. The zero-order valence-corrected chi connectivity index (χ0v) is 14.0. The first-order valence-electron chi connectivity index (χ1n) is 8.42. The first-order chi connectivity index (χ1) is 12.2. The Hall–Kier alpha value is -2.61. The van der Waals surface area contributed by atoms with E-state index in [1.165, 1.54) is 5.56 Å². The van der Waals surface area contributed by atoms with Crippen molar-refractivity contribution < 1.29 is 15.0 Å². The molecule has 4 nitrogen and oxygen atoms in total. The minimum Gasteiger partial charge on any atom is -0.396 e. The zero-order chi connectivity index (χ0) is 17.6. The molecule has 2 aromatic carbocycles. The van der Waals surface area contributed by atoms with Crippen molar-refractivity contribution in [3.63, 3.8) is 0 Å². The first-order valence-corrected chi connectivity index (χ1v) is 8.42. The van der Waals surface area contributed by atoms with Gasteiger partial charge in [0.1, 0.15) is 0 Å². The lowest BCUT2D eigenvalue weighted by atomic mass is 9.97. The molecule has 1 heterocycles. The molecule has 1 aliphatic rings. The molecule has 0 aromatic heterocycles. The fourth-order valence-corrected chi connectivity index (χ4v) is 2.94. The molecule has 2 N–H and O–H groups in total. The summed E-state index contributed by atoms with van der Waals surface area (Å²) in [6.45, 7) is 1.22. The largest absolute Gasteiger partial charge is 0.396 e. The van der Waals surface area contributed by atoms with Crippen LogP contribution < -0.4 is 0 Å². The van der Waals surface area contributed by atoms with E-state index in [4.69, 9.17) is 10.2 Å². The lowest BCUT2D eigenvalue weighted by Crippen LogP contribution is -2.36. The summed E-state index contributed by atoms with van der Waals surface area (Å²) in [5.41, 5.74) is 5.13. The molecular weight excluding hydrogens is 314 g/mol. The van der Waals surface area contributed by atoms with Gasteiger partial charge in [0.2, 0.25) is 5.91 Å². The van der Waals surface area contributed by atoms with Crippen LogP contribution in [0.25, 0.3) is 0 Å². The van der Waals surface area contributed by atoms with Crippen LogP contribution in [0, 0.1) is 11.8 Å². The maximum absolute atomic E-state index is 11.9. The van der Waals surface area contributed by atoms with Crippen molar-refractivity contribution in [3.05, 3.63) is 70.3 Å². The van der Waals surface area contributed by atoms with Crippen LogP contribution in [0.2, 0.25) is 0 Å². The topological polar surface area (TPSA) is 60.8 Å². The highest BCUT2D eigenvalue weighted by molar-refractivity contribution is 5.76. The minimum atomic E-state index is -0.101. The molecule has 3 rings (SSSR count). The third-order valence-electron chi connectivity index (χ3n) is 4.38. The van der Waals surface area contributed by atoms with Gasteiger partial charge >= 0.3 is 0 Å². The predicted octanol–water partition coefficient (Wildman–Crippen LogP) is 1.85. The van der Waals surface area contributed by atoms with Crippen LogP contribution in [0.1, 0.15) is 34.2 Å². The van der Waals surface area contributed by atoms with Gasteiger partial charge in [-0.3, -0.25) is 4.79 Å². The van der Waals surface area contributed by atoms with E-state index in [-0.39, 0.29) is 25.5 Å². The average molecular weight is 335 g/mol. The summed E-state index contributed by atoms with van der Waals surface area (Å²) in [5, 5.41) is 18.0. The maximum atomic E-state index is 11.9. The molecule has 0 aliphatic carbocycles. The lowest BCUT2D eigenvalue weighted by Gasteiger charge is -2.29. The van der Waals surface area contributed by atoms with Crippen LogP contribution in [0.4, 0.5) is 0 Å². The number of hydrogen-bond donors (Lipinski definition) is 2. The number of hydrogen-bond acceptors (Lipinski definition) is 3. The number of benzene rings is 2. The highest BCUT2D eigenvalue weighted by Gasteiger charge is 2.20. The van der Waals surface area contributed by atoms with Crippen LogP contribution in [0.15, 0.2) is 42.5 Å². The van der Waals surface area contributed by atoms with E-state index in [1.807, 2.05) is 36.4 Å². The van der Waals surface area contributed by atoms with Crippen LogP contribution >= 0.6 is 0 Å². The lowest BCUT2D eigenvalue weighted by molar-refractivity contribution is -0.132. The van der Waals surface area contributed by atoms with Crippen molar-refractivity contribution in [1.82, 2.24) is 4.90 Å². The Morgan fingerprint density at radius 2 is 1.72 bits per heavy atom. The molecule has 0 fully saturated rings. The number of carbonyl (C=O) groups is 1. The summed E-state index contributed by atoms with van der Waals surface area (Å²) in [7, 11) is 0. The molecule has 0 atom stereocenters. The van der Waals surface area contributed by atoms with E-state index < -0.39 is 0 Å². The number of fused-ring (bicyclic) bond motifs is 1. The fraction of sp³-hybridized carbons (Fsp3) is 0.286. The Bertz CT molecular complexity index is 815. The van der Waals surface area contributed by atoms with Gasteiger partial charge < -0.3 is 15.1 Å². The quantitative estimate of drug-likeness (QED) is 0.842. The van der Waals surface area contributed by atoms with E-state index >= 15 is 0 Å².